The van der Waals surface area contributed by atoms with E-state index in [1.165, 1.54) is 0 Å². The molecule has 122 valence electrons. The third-order valence-corrected chi connectivity index (χ3v) is 3.89. The smallest absolute Gasteiger partial charge is 0.257 e. The lowest BCUT2D eigenvalue weighted by Crippen LogP contribution is -2.44. The zero-order chi connectivity index (χ0) is 17.6. The Bertz CT molecular complexity index is 993. The first-order valence-electron chi connectivity index (χ1n) is 7.74. The number of Topliss-reactive ketones (excluding diaryl/α,β-unsaturated/α-hetero) is 2. The van der Waals surface area contributed by atoms with Crippen LogP contribution >= 0.6 is 0 Å². The number of ketones is 2. The van der Waals surface area contributed by atoms with Gasteiger partial charge in [0.15, 0.2) is 6.20 Å². The molecule has 2 aromatic carbocycles. The number of carbonyl (C=O) groups excluding carboxylic acids is 2. The van der Waals surface area contributed by atoms with Crippen LogP contribution in [0.1, 0.15) is 20.8 Å². The summed E-state index contributed by atoms with van der Waals surface area (Å²) in [7, 11) is 0. The van der Waals surface area contributed by atoms with E-state index in [4.69, 9.17) is 5.53 Å². The zero-order valence-electron chi connectivity index (χ0n) is 13.4. The summed E-state index contributed by atoms with van der Waals surface area (Å²) in [6.07, 6.45) is 1.71. The first-order valence-corrected chi connectivity index (χ1v) is 7.74. The highest BCUT2D eigenvalue weighted by Crippen LogP contribution is 2.16. The molecule has 0 spiro atoms. The number of rotatable bonds is 6. The molecule has 0 unspecified atom stereocenters. The van der Waals surface area contributed by atoms with Gasteiger partial charge >= 0.3 is 0 Å². The van der Waals surface area contributed by atoms with Gasteiger partial charge in [0.05, 0.1) is 11.9 Å². The van der Waals surface area contributed by atoms with Crippen molar-refractivity contribution in [3.8, 4) is 0 Å². The Hall–Kier alpha value is -3.50. The Morgan fingerprint density at radius 1 is 0.960 bits per heavy atom. The molecule has 0 radical (unpaired) electrons. The molecule has 1 heterocycles. The van der Waals surface area contributed by atoms with Gasteiger partial charge in [-0.25, -0.2) is 0 Å². The number of hydrogen-bond acceptors (Lipinski definition) is 3. The molecule has 3 aromatic rings. The molecule has 6 heteroatoms. The third-order valence-electron chi connectivity index (χ3n) is 3.89. The Balaban J connectivity index is 2.06. The minimum Gasteiger partial charge on any atom is -0.287 e. The standard InChI is InChI=1S/C19H15N4O2/c20-22-21-12-17(24)19-16-9-5-4-6-14(16)10-11-23(19)13-18(25)15-7-2-1-3-8-15/h1-11H,12-13H2/q+1. The Labute approximate surface area is 144 Å². The summed E-state index contributed by atoms with van der Waals surface area (Å²) in [4.78, 5) is 27.7. The highest BCUT2D eigenvalue weighted by Gasteiger charge is 2.24. The lowest BCUT2D eigenvalue weighted by atomic mass is 10.1. The van der Waals surface area contributed by atoms with Gasteiger partial charge in [-0.1, -0.05) is 53.6 Å². The number of hydrogen-bond donors (Lipinski definition) is 0. The average Bonchev–Trinajstić information content (AvgIpc) is 2.66. The topological polar surface area (TPSA) is 86.8 Å². The monoisotopic (exact) mass is 331 g/mol. The summed E-state index contributed by atoms with van der Waals surface area (Å²) in [5, 5.41) is 4.98. The van der Waals surface area contributed by atoms with Crippen LogP contribution in [-0.4, -0.2) is 18.1 Å². The zero-order valence-corrected chi connectivity index (χ0v) is 13.4. The molecule has 0 amide bonds. The van der Waals surface area contributed by atoms with E-state index >= 15 is 0 Å². The normalized spacial score (nSPS) is 10.2. The van der Waals surface area contributed by atoms with Crippen molar-refractivity contribution in [3.05, 3.63) is 88.6 Å². The maximum atomic E-state index is 12.6. The van der Waals surface area contributed by atoms with Crippen molar-refractivity contribution in [2.24, 2.45) is 5.11 Å². The van der Waals surface area contributed by atoms with Crippen molar-refractivity contribution < 1.29 is 14.2 Å². The Kier molecular flexibility index (Phi) is 4.83. The molecular weight excluding hydrogens is 316 g/mol. The number of fused-ring (bicyclic) bond motifs is 1. The van der Waals surface area contributed by atoms with Gasteiger partial charge in [-0.3, -0.25) is 9.59 Å². The van der Waals surface area contributed by atoms with Gasteiger partial charge in [0.25, 0.3) is 5.69 Å². The third kappa shape index (κ3) is 3.54. The fourth-order valence-corrected chi connectivity index (χ4v) is 2.74. The second-order valence-electron chi connectivity index (χ2n) is 5.48. The molecule has 0 aliphatic heterocycles. The van der Waals surface area contributed by atoms with Gasteiger partial charge in [0, 0.05) is 16.5 Å². The Morgan fingerprint density at radius 3 is 2.44 bits per heavy atom. The fourth-order valence-electron chi connectivity index (χ4n) is 2.74. The van der Waals surface area contributed by atoms with Crippen LogP contribution in [-0.2, 0) is 6.54 Å². The molecule has 0 N–H and O–H groups in total. The van der Waals surface area contributed by atoms with Crippen molar-refractivity contribution in [1.29, 1.82) is 0 Å². The highest BCUT2D eigenvalue weighted by atomic mass is 16.1. The predicted octanol–water partition coefficient (Wildman–Crippen LogP) is 3.50. The van der Waals surface area contributed by atoms with Crippen molar-refractivity contribution in [3.63, 3.8) is 0 Å². The van der Waals surface area contributed by atoms with Crippen LogP contribution < -0.4 is 4.57 Å². The van der Waals surface area contributed by atoms with Crippen molar-refractivity contribution in [1.82, 2.24) is 0 Å². The fraction of sp³-hybridized carbons (Fsp3) is 0.105. The lowest BCUT2D eigenvalue weighted by molar-refractivity contribution is -0.683. The van der Waals surface area contributed by atoms with Gasteiger partial charge in [0.1, 0.15) is 0 Å². The number of benzene rings is 2. The van der Waals surface area contributed by atoms with Crippen molar-refractivity contribution in [2.45, 2.75) is 6.54 Å². The highest BCUT2D eigenvalue weighted by molar-refractivity contribution is 6.06. The van der Waals surface area contributed by atoms with Gasteiger partial charge in [0.2, 0.25) is 18.1 Å². The summed E-state index contributed by atoms with van der Waals surface area (Å²) in [5.74, 6) is -0.422. The lowest BCUT2D eigenvalue weighted by Gasteiger charge is -2.06. The molecular formula is C19H15N4O2+. The largest absolute Gasteiger partial charge is 0.287 e. The van der Waals surface area contributed by atoms with Gasteiger partial charge in [-0.15, -0.1) is 0 Å². The number of azide groups is 1. The van der Waals surface area contributed by atoms with Crippen LogP contribution in [0.5, 0.6) is 0 Å². The molecule has 0 saturated heterocycles. The molecule has 3 rings (SSSR count). The SMILES string of the molecule is [N-]=[N+]=NCC(=O)c1c2ccccc2cc[n+]1CC(=O)c1ccccc1. The van der Waals surface area contributed by atoms with E-state index in [0.29, 0.717) is 11.3 Å². The van der Waals surface area contributed by atoms with E-state index in [-0.39, 0.29) is 24.7 Å². The van der Waals surface area contributed by atoms with Crippen molar-refractivity contribution in [2.75, 3.05) is 6.54 Å². The molecule has 0 aliphatic carbocycles. The molecule has 0 saturated carbocycles. The summed E-state index contributed by atoms with van der Waals surface area (Å²) < 4.78 is 1.62. The molecule has 0 fully saturated rings. The number of aromatic nitrogens is 1. The summed E-state index contributed by atoms with van der Waals surface area (Å²) >= 11 is 0. The van der Waals surface area contributed by atoms with E-state index in [1.54, 1.807) is 35.0 Å². The van der Waals surface area contributed by atoms with E-state index in [1.807, 2.05) is 36.4 Å². The minimum atomic E-state index is -0.324. The maximum absolute atomic E-state index is 12.6. The quantitative estimate of drug-likeness (QED) is 0.227. The first kappa shape index (κ1) is 16.4. The minimum absolute atomic E-state index is 0.0339. The van der Waals surface area contributed by atoms with E-state index in [2.05, 4.69) is 10.0 Å². The van der Waals surface area contributed by atoms with Gasteiger partial charge in [-0.05, 0) is 17.0 Å². The molecule has 25 heavy (non-hydrogen) atoms. The number of pyridine rings is 1. The van der Waals surface area contributed by atoms with Crippen LogP contribution in [0.25, 0.3) is 21.2 Å². The summed E-state index contributed by atoms with van der Waals surface area (Å²) in [6, 6.07) is 18.2. The van der Waals surface area contributed by atoms with Crippen LogP contribution in [0.3, 0.4) is 0 Å². The molecule has 1 aromatic heterocycles. The number of nitrogens with zero attached hydrogens (tertiary/aromatic N) is 4. The number of carbonyl (C=O) groups is 2. The molecule has 6 nitrogen and oxygen atoms in total. The second kappa shape index (κ2) is 7.38. The first-order chi connectivity index (χ1) is 12.2. The van der Waals surface area contributed by atoms with Gasteiger partial charge < -0.3 is 0 Å². The van der Waals surface area contributed by atoms with E-state index in [0.717, 1.165) is 10.8 Å². The van der Waals surface area contributed by atoms with Crippen molar-refractivity contribution >= 4 is 22.3 Å². The predicted molar refractivity (Wildman–Crippen MR) is 93.3 cm³/mol. The second-order valence-corrected chi connectivity index (χ2v) is 5.48. The van der Waals surface area contributed by atoms with Crippen LogP contribution in [0.4, 0.5) is 0 Å². The average molecular weight is 331 g/mol. The molecule has 0 aliphatic rings. The van der Waals surface area contributed by atoms with E-state index in [9.17, 15) is 9.59 Å². The van der Waals surface area contributed by atoms with Crippen LogP contribution in [0, 0.1) is 0 Å². The molecule has 0 bridgehead atoms. The summed E-state index contributed by atoms with van der Waals surface area (Å²) in [5.41, 5.74) is 9.43. The van der Waals surface area contributed by atoms with Crippen LogP contribution in [0.15, 0.2) is 72.0 Å². The molecule has 0 atom stereocenters. The Morgan fingerprint density at radius 2 is 1.68 bits per heavy atom. The maximum Gasteiger partial charge on any atom is 0.257 e. The van der Waals surface area contributed by atoms with Crippen LogP contribution in [0.2, 0.25) is 0 Å². The van der Waals surface area contributed by atoms with E-state index < -0.39 is 0 Å². The summed E-state index contributed by atoms with van der Waals surface area (Å²) in [6.45, 7) is -0.254. The van der Waals surface area contributed by atoms with Gasteiger partial charge in [-0.2, -0.15) is 4.57 Å².